The maximum Gasteiger partial charge on any atom is 0.232 e. The molecule has 1 aromatic carbocycles. The van der Waals surface area contributed by atoms with Crippen LogP contribution >= 0.6 is 34.7 Å². The molecule has 4 aliphatic rings. The summed E-state index contributed by atoms with van der Waals surface area (Å²) < 4.78 is 0.883. The van der Waals surface area contributed by atoms with E-state index in [0.717, 1.165) is 42.2 Å². The molecular weight excluding hydrogens is 398 g/mol. The van der Waals surface area contributed by atoms with Gasteiger partial charge in [0.25, 0.3) is 0 Å². The van der Waals surface area contributed by atoms with Crippen LogP contribution in [0, 0.1) is 17.3 Å². The number of nitrogens with one attached hydrogen (secondary N) is 1. The zero-order valence-electron chi connectivity index (χ0n) is 15.0. The van der Waals surface area contributed by atoms with Gasteiger partial charge in [-0.05, 0) is 55.9 Å². The minimum absolute atomic E-state index is 0.109. The molecule has 4 nitrogen and oxygen atoms in total. The van der Waals surface area contributed by atoms with Crippen LogP contribution in [0.3, 0.4) is 0 Å². The van der Waals surface area contributed by atoms with E-state index < -0.39 is 0 Å². The molecule has 142 valence electrons. The first kappa shape index (κ1) is 18.0. The standard InChI is InChI=1S/C20H22ClN3OS2/c21-20-9-14-6-15(10-20)8-19(7-14,12-20)16(25)22-17-23-24-18(27-17)26-11-13-4-2-1-3-5-13/h1-5,14-15H,6-12H2,(H,22,23,25). The van der Waals surface area contributed by atoms with E-state index in [1.165, 1.54) is 23.3 Å². The van der Waals surface area contributed by atoms with Crippen LogP contribution in [0.25, 0.3) is 0 Å². The molecular formula is C20H22ClN3OS2. The Kier molecular flexibility index (Phi) is 4.49. The summed E-state index contributed by atoms with van der Waals surface area (Å²) in [6, 6.07) is 10.3. The highest BCUT2D eigenvalue weighted by Crippen LogP contribution is 2.64. The summed E-state index contributed by atoms with van der Waals surface area (Å²) in [5, 5.41) is 12.1. The van der Waals surface area contributed by atoms with Crippen LogP contribution in [-0.4, -0.2) is 21.0 Å². The van der Waals surface area contributed by atoms with Crippen molar-refractivity contribution in [3.8, 4) is 0 Å². The smallest absolute Gasteiger partial charge is 0.232 e. The normalized spacial score (nSPS) is 34.0. The van der Waals surface area contributed by atoms with Gasteiger partial charge in [-0.3, -0.25) is 4.79 Å². The summed E-state index contributed by atoms with van der Waals surface area (Å²) in [6.07, 6.45) is 6.20. The Morgan fingerprint density at radius 1 is 1.19 bits per heavy atom. The molecule has 0 spiro atoms. The molecule has 4 aliphatic carbocycles. The van der Waals surface area contributed by atoms with Crippen LogP contribution < -0.4 is 5.32 Å². The average Bonchev–Trinajstić information content (AvgIpc) is 3.06. The van der Waals surface area contributed by atoms with Gasteiger partial charge in [0, 0.05) is 10.6 Å². The quantitative estimate of drug-likeness (QED) is 0.403. The summed E-state index contributed by atoms with van der Waals surface area (Å²) in [6.45, 7) is 0. The summed E-state index contributed by atoms with van der Waals surface area (Å²) in [5.41, 5.74) is 0.957. The van der Waals surface area contributed by atoms with Crippen molar-refractivity contribution in [2.45, 2.75) is 53.5 Å². The molecule has 2 atom stereocenters. The van der Waals surface area contributed by atoms with Crippen LogP contribution in [0.4, 0.5) is 5.13 Å². The number of anilines is 1. The van der Waals surface area contributed by atoms with Crippen molar-refractivity contribution in [3.63, 3.8) is 0 Å². The van der Waals surface area contributed by atoms with Crippen molar-refractivity contribution in [1.29, 1.82) is 0 Å². The van der Waals surface area contributed by atoms with Crippen LogP contribution in [0.15, 0.2) is 34.7 Å². The van der Waals surface area contributed by atoms with E-state index in [1.54, 1.807) is 11.8 Å². The number of halogens is 1. The summed E-state index contributed by atoms with van der Waals surface area (Å²) in [7, 11) is 0. The third-order valence-corrected chi connectivity index (χ3v) is 8.79. The zero-order chi connectivity index (χ0) is 18.5. The molecule has 0 radical (unpaired) electrons. The first-order valence-electron chi connectivity index (χ1n) is 9.53. The Balaban J connectivity index is 1.25. The van der Waals surface area contributed by atoms with Crippen molar-refractivity contribution in [2.24, 2.45) is 17.3 Å². The van der Waals surface area contributed by atoms with Gasteiger partial charge in [-0.1, -0.05) is 53.4 Å². The highest BCUT2D eigenvalue weighted by Gasteiger charge is 2.60. The first-order chi connectivity index (χ1) is 13.0. The maximum absolute atomic E-state index is 13.2. The Morgan fingerprint density at radius 2 is 1.93 bits per heavy atom. The molecule has 1 aromatic heterocycles. The van der Waals surface area contributed by atoms with E-state index in [0.29, 0.717) is 17.0 Å². The first-order valence-corrected chi connectivity index (χ1v) is 11.7. The fourth-order valence-corrected chi connectivity index (χ4v) is 8.08. The van der Waals surface area contributed by atoms with E-state index in [9.17, 15) is 4.79 Å². The van der Waals surface area contributed by atoms with Gasteiger partial charge in [0.1, 0.15) is 0 Å². The van der Waals surface area contributed by atoms with Crippen LogP contribution in [0.1, 0.15) is 44.1 Å². The molecule has 27 heavy (non-hydrogen) atoms. The van der Waals surface area contributed by atoms with Gasteiger partial charge in [0.2, 0.25) is 11.0 Å². The van der Waals surface area contributed by atoms with E-state index >= 15 is 0 Å². The number of nitrogens with zero attached hydrogens (tertiary/aromatic N) is 2. The topological polar surface area (TPSA) is 54.9 Å². The number of benzene rings is 1. The fourth-order valence-electron chi connectivity index (χ4n) is 5.68. The second-order valence-electron chi connectivity index (χ2n) is 8.49. The van der Waals surface area contributed by atoms with E-state index in [1.807, 2.05) is 18.2 Å². The molecule has 0 saturated heterocycles. The van der Waals surface area contributed by atoms with Gasteiger partial charge in [0.05, 0.1) is 5.41 Å². The van der Waals surface area contributed by atoms with Gasteiger partial charge in [0.15, 0.2) is 4.34 Å². The van der Waals surface area contributed by atoms with Crippen molar-refractivity contribution in [3.05, 3.63) is 35.9 Å². The second-order valence-corrected chi connectivity index (χ2v) is 11.5. The monoisotopic (exact) mass is 419 g/mol. The fraction of sp³-hybridized carbons (Fsp3) is 0.550. The Labute approximate surface area is 172 Å². The number of aromatic nitrogens is 2. The Morgan fingerprint density at radius 3 is 2.63 bits per heavy atom. The lowest BCUT2D eigenvalue weighted by atomic mass is 9.49. The molecule has 2 aromatic rings. The predicted octanol–water partition coefficient (Wildman–Crippen LogP) is 5.35. The molecule has 1 N–H and O–H groups in total. The molecule has 1 amide bonds. The van der Waals surface area contributed by atoms with Gasteiger partial charge in [-0.25, -0.2) is 0 Å². The molecule has 4 saturated carbocycles. The Hall–Kier alpha value is -1.11. The molecule has 7 heteroatoms. The number of carbonyl (C=O) groups excluding carboxylic acids is 1. The Bertz CT molecular complexity index is 842. The number of carbonyl (C=O) groups is 1. The number of rotatable bonds is 5. The number of amides is 1. The van der Waals surface area contributed by atoms with Crippen molar-refractivity contribution >= 4 is 45.7 Å². The molecule has 0 aliphatic heterocycles. The van der Waals surface area contributed by atoms with Gasteiger partial charge in [-0.15, -0.1) is 21.8 Å². The average molecular weight is 420 g/mol. The molecule has 6 rings (SSSR count). The van der Waals surface area contributed by atoms with Crippen LogP contribution in [0.5, 0.6) is 0 Å². The molecule has 1 heterocycles. The highest BCUT2D eigenvalue weighted by atomic mass is 35.5. The maximum atomic E-state index is 13.2. The minimum atomic E-state index is -0.297. The number of thioether (sulfide) groups is 1. The van der Waals surface area contributed by atoms with E-state index in [-0.39, 0.29) is 16.2 Å². The van der Waals surface area contributed by atoms with E-state index in [2.05, 4.69) is 27.6 Å². The minimum Gasteiger partial charge on any atom is -0.300 e. The molecule has 4 bridgehead atoms. The third kappa shape index (κ3) is 3.52. The number of hydrogen-bond acceptors (Lipinski definition) is 5. The van der Waals surface area contributed by atoms with E-state index in [4.69, 9.17) is 11.6 Å². The van der Waals surface area contributed by atoms with Gasteiger partial charge >= 0.3 is 0 Å². The molecule has 4 fully saturated rings. The summed E-state index contributed by atoms with van der Waals surface area (Å²) in [4.78, 5) is 13.0. The van der Waals surface area contributed by atoms with Crippen molar-refractivity contribution < 1.29 is 4.79 Å². The third-order valence-electron chi connectivity index (χ3n) is 6.30. The SMILES string of the molecule is O=C(Nc1nnc(SCc2ccccc2)s1)C12CC3CC(CC(Cl)(C3)C1)C2. The summed E-state index contributed by atoms with van der Waals surface area (Å²) in [5.74, 6) is 2.19. The van der Waals surface area contributed by atoms with Crippen LogP contribution in [0.2, 0.25) is 0 Å². The predicted molar refractivity (Wildman–Crippen MR) is 110 cm³/mol. The summed E-state index contributed by atoms with van der Waals surface area (Å²) >= 11 is 9.97. The van der Waals surface area contributed by atoms with Crippen LogP contribution in [-0.2, 0) is 10.5 Å². The second kappa shape index (κ2) is 6.75. The zero-order valence-corrected chi connectivity index (χ0v) is 17.4. The largest absolute Gasteiger partial charge is 0.300 e. The lowest BCUT2D eigenvalue weighted by molar-refractivity contribution is -0.138. The van der Waals surface area contributed by atoms with Crippen molar-refractivity contribution in [1.82, 2.24) is 10.2 Å². The number of alkyl halides is 1. The van der Waals surface area contributed by atoms with Gasteiger partial charge < -0.3 is 5.32 Å². The number of hydrogen-bond donors (Lipinski definition) is 1. The molecule has 2 unspecified atom stereocenters. The van der Waals surface area contributed by atoms with Crippen molar-refractivity contribution in [2.75, 3.05) is 5.32 Å². The lowest BCUT2D eigenvalue weighted by Gasteiger charge is -2.59. The highest BCUT2D eigenvalue weighted by molar-refractivity contribution is 8.00. The van der Waals surface area contributed by atoms with Gasteiger partial charge in [-0.2, -0.15) is 0 Å². The lowest BCUT2D eigenvalue weighted by Crippen LogP contribution is -2.57.